The average molecular weight is 375 g/mol. The first-order chi connectivity index (χ1) is 12.5. The Morgan fingerprint density at radius 3 is 2.65 bits per heavy atom. The van der Waals surface area contributed by atoms with Crippen molar-refractivity contribution in [3.8, 4) is 0 Å². The summed E-state index contributed by atoms with van der Waals surface area (Å²) >= 11 is 0. The molecule has 1 aromatic carbocycles. The van der Waals surface area contributed by atoms with Crippen molar-refractivity contribution in [2.24, 2.45) is 0 Å². The van der Waals surface area contributed by atoms with Crippen molar-refractivity contribution in [2.75, 3.05) is 31.6 Å². The number of carbonyl (C=O) groups excluding carboxylic acids is 1. The number of amides is 1. The number of aromatic nitrogens is 1. The Kier molecular flexibility index (Phi) is 5.65. The van der Waals surface area contributed by atoms with Gasteiger partial charge in [-0.3, -0.25) is 4.79 Å². The van der Waals surface area contributed by atoms with E-state index in [0.717, 1.165) is 0 Å². The molecule has 8 heteroatoms. The fourth-order valence-electron chi connectivity index (χ4n) is 2.78. The van der Waals surface area contributed by atoms with Crippen LogP contribution >= 0.6 is 0 Å². The Bertz CT molecular complexity index is 879. The molecular formula is C18H21N3O4S. The first-order valence-corrected chi connectivity index (χ1v) is 9.89. The summed E-state index contributed by atoms with van der Waals surface area (Å²) in [5.41, 5.74) is 0.963. The Hall–Kier alpha value is -2.29. The summed E-state index contributed by atoms with van der Waals surface area (Å²) in [4.78, 5) is 16.7. The fourth-order valence-corrected chi connectivity index (χ4v) is 4.51. The number of ether oxygens (including phenoxy) is 1. The molecule has 7 nitrogen and oxygen atoms in total. The molecule has 3 rings (SSSR count). The molecule has 1 aromatic heterocycles. The number of rotatable bonds is 5. The van der Waals surface area contributed by atoms with E-state index in [-0.39, 0.29) is 10.5 Å². The SMILES string of the molecule is CCc1ccc(C(=O)Nc2ccccn2)cc1S(=O)(=O)N1CCOCC1. The van der Waals surface area contributed by atoms with Crippen molar-refractivity contribution in [3.63, 3.8) is 0 Å². The molecule has 2 heterocycles. The molecule has 0 unspecified atom stereocenters. The standard InChI is InChI=1S/C18H21N3O4S/c1-2-14-6-7-15(18(22)20-17-5-3-4-8-19-17)13-16(14)26(23,24)21-9-11-25-12-10-21/h3-8,13H,2,9-12H2,1H3,(H,19,20,22). The second-order valence-corrected chi connectivity index (χ2v) is 7.77. The first kappa shape index (κ1) is 18.5. The van der Waals surface area contributed by atoms with Crippen LogP contribution in [0.4, 0.5) is 5.82 Å². The van der Waals surface area contributed by atoms with Gasteiger partial charge in [0.05, 0.1) is 18.1 Å². The molecule has 1 amide bonds. The number of benzene rings is 1. The van der Waals surface area contributed by atoms with Crippen LogP contribution in [-0.2, 0) is 21.2 Å². The van der Waals surface area contributed by atoms with Crippen LogP contribution in [0.3, 0.4) is 0 Å². The fraction of sp³-hybridized carbons (Fsp3) is 0.333. The number of carbonyl (C=O) groups is 1. The summed E-state index contributed by atoms with van der Waals surface area (Å²) in [5, 5.41) is 2.68. The summed E-state index contributed by atoms with van der Waals surface area (Å²) < 4.78 is 32.7. The first-order valence-electron chi connectivity index (χ1n) is 8.45. The van der Waals surface area contributed by atoms with Crippen molar-refractivity contribution in [1.82, 2.24) is 9.29 Å². The molecule has 0 saturated carbocycles. The third-order valence-corrected chi connectivity index (χ3v) is 6.19. The van der Waals surface area contributed by atoms with Gasteiger partial charge in [0.25, 0.3) is 5.91 Å². The minimum absolute atomic E-state index is 0.176. The number of hydrogen-bond acceptors (Lipinski definition) is 5. The number of pyridine rings is 1. The van der Waals surface area contributed by atoms with Gasteiger partial charge in [-0.15, -0.1) is 0 Å². The number of morpholine rings is 1. The van der Waals surface area contributed by atoms with Gasteiger partial charge in [-0.1, -0.05) is 19.1 Å². The molecular weight excluding hydrogens is 354 g/mol. The van der Waals surface area contributed by atoms with Crippen LogP contribution in [0.15, 0.2) is 47.5 Å². The van der Waals surface area contributed by atoms with Crippen LogP contribution in [0.25, 0.3) is 0 Å². The molecule has 0 atom stereocenters. The largest absolute Gasteiger partial charge is 0.379 e. The van der Waals surface area contributed by atoms with Gasteiger partial charge in [-0.2, -0.15) is 4.31 Å². The number of hydrogen-bond donors (Lipinski definition) is 1. The van der Waals surface area contributed by atoms with E-state index in [1.165, 1.54) is 10.4 Å². The molecule has 1 N–H and O–H groups in total. The lowest BCUT2D eigenvalue weighted by atomic mass is 10.1. The average Bonchev–Trinajstić information content (AvgIpc) is 2.69. The molecule has 0 aliphatic carbocycles. The van der Waals surface area contributed by atoms with E-state index in [9.17, 15) is 13.2 Å². The molecule has 26 heavy (non-hydrogen) atoms. The highest BCUT2D eigenvalue weighted by Crippen LogP contribution is 2.24. The molecule has 0 bridgehead atoms. The minimum Gasteiger partial charge on any atom is -0.379 e. The maximum atomic E-state index is 13.0. The van der Waals surface area contributed by atoms with Crippen LogP contribution in [0.2, 0.25) is 0 Å². The van der Waals surface area contributed by atoms with Crippen molar-refractivity contribution < 1.29 is 17.9 Å². The molecule has 1 aliphatic rings. The summed E-state index contributed by atoms with van der Waals surface area (Å²) in [6.07, 6.45) is 2.13. The van der Waals surface area contributed by atoms with E-state index in [1.54, 1.807) is 36.5 Å². The van der Waals surface area contributed by atoms with Gasteiger partial charge in [0.2, 0.25) is 10.0 Å². The lowest BCUT2D eigenvalue weighted by molar-refractivity contribution is 0.0730. The van der Waals surface area contributed by atoms with Gasteiger partial charge in [0.15, 0.2) is 0 Å². The van der Waals surface area contributed by atoms with Gasteiger partial charge >= 0.3 is 0 Å². The molecule has 0 spiro atoms. The zero-order valence-corrected chi connectivity index (χ0v) is 15.3. The topological polar surface area (TPSA) is 88.6 Å². The van der Waals surface area contributed by atoms with Gasteiger partial charge in [0.1, 0.15) is 5.82 Å². The van der Waals surface area contributed by atoms with E-state index in [0.29, 0.717) is 44.1 Å². The minimum atomic E-state index is -3.68. The zero-order chi connectivity index (χ0) is 18.6. The summed E-state index contributed by atoms with van der Waals surface area (Å²) in [5.74, 6) is 0.0134. The highest BCUT2D eigenvalue weighted by Gasteiger charge is 2.29. The number of sulfonamides is 1. The maximum Gasteiger partial charge on any atom is 0.256 e. The van der Waals surface area contributed by atoms with Crippen LogP contribution in [0, 0.1) is 0 Å². The highest BCUT2D eigenvalue weighted by molar-refractivity contribution is 7.89. The second kappa shape index (κ2) is 7.94. The zero-order valence-electron chi connectivity index (χ0n) is 14.5. The number of nitrogens with one attached hydrogen (secondary N) is 1. The Morgan fingerprint density at radius 2 is 2.00 bits per heavy atom. The lowest BCUT2D eigenvalue weighted by Crippen LogP contribution is -2.41. The Morgan fingerprint density at radius 1 is 1.23 bits per heavy atom. The van der Waals surface area contributed by atoms with E-state index in [2.05, 4.69) is 10.3 Å². The van der Waals surface area contributed by atoms with Gasteiger partial charge in [-0.05, 0) is 36.2 Å². The van der Waals surface area contributed by atoms with Crippen molar-refractivity contribution in [1.29, 1.82) is 0 Å². The molecule has 0 radical (unpaired) electrons. The molecule has 1 aliphatic heterocycles. The van der Waals surface area contributed by atoms with Crippen molar-refractivity contribution >= 4 is 21.7 Å². The summed E-state index contributed by atoms with van der Waals surface area (Å²) in [6, 6.07) is 9.96. The highest BCUT2D eigenvalue weighted by atomic mass is 32.2. The maximum absolute atomic E-state index is 13.0. The smallest absolute Gasteiger partial charge is 0.256 e. The van der Waals surface area contributed by atoms with Gasteiger partial charge < -0.3 is 10.1 Å². The van der Waals surface area contributed by atoms with Crippen molar-refractivity contribution in [2.45, 2.75) is 18.2 Å². The second-order valence-electron chi connectivity index (χ2n) is 5.86. The van der Waals surface area contributed by atoms with E-state index >= 15 is 0 Å². The van der Waals surface area contributed by atoms with Gasteiger partial charge in [0, 0.05) is 24.8 Å². The number of aryl methyl sites for hydroxylation is 1. The number of nitrogens with zero attached hydrogens (tertiary/aromatic N) is 2. The quantitative estimate of drug-likeness (QED) is 0.862. The monoisotopic (exact) mass is 375 g/mol. The Labute approximate surface area is 153 Å². The van der Waals surface area contributed by atoms with E-state index < -0.39 is 15.9 Å². The van der Waals surface area contributed by atoms with Gasteiger partial charge in [-0.25, -0.2) is 13.4 Å². The molecule has 1 saturated heterocycles. The molecule has 2 aromatic rings. The van der Waals surface area contributed by atoms with Crippen LogP contribution in [-0.4, -0.2) is 49.9 Å². The predicted molar refractivity (Wildman–Crippen MR) is 97.6 cm³/mol. The van der Waals surface area contributed by atoms with Crippen LogP contribution in [0.5, 0.6) is 0 Å². The lowest BCUT2D eigenvalue weighted by Gasteiger charge is -2.27. The summed E-state index contributed by atoms with van der Waals surface area (Å²) in [7, 11) is -3.68. The molecule has 1 fully saturated rings. The predicted octanol–water partition coefficient (Wildman–Crippen LogP) is 1.92. The van der Waals surface area contributed by atoms with Crippen LogP contribution in [0.1, 0.15) is 22.8 Å². The summed E-state index contributed by atoms with van der Waals surface area (Å²) in [6.45, 7) is 3.27. The van der Waals surface area contributed by atoms with Crippen LogP contribution < -0.4 is 5.32 Å². The normalized spacial score (nSPS) is 15.6. The van der Waals surface area contributed by atoms with E-state index in [4.69, 9.17) is 4.74 Å². The molecule has 138 valence electrons. The van der Waals surface area contributed by atoms with Crippen molar-refractivity contribution in [3.05, 3.63) is 53.7 Å². The van der Waals surface area contributed by atoms with E-state index in [1.807, 2.05) is 6.92 Å². The Balaban J connectivity index is 1.92. The number of anilines is 1. The third-order valence-electron chi connectivity index (χ3n) is 4.20. The third kappa shape index (κ3) is 3.92.